The summed E-state index contributed by atoms with van der Waals surface area (Å²) >= 11 is 6.15. The summed E-state index contributed by atoms with van der Waals surface area (Å²) in [6.45, 7) is 5.55. The number of carbonyl (C=O) groups is 5. The number of alkyl carbamates (subject to hydrolysis) is 1. The summed E-state index contributed by atoms with van der Waals surface area (Å²) in [7, 11) is -4.18. The van der Waals surface area contributed by atoms with Crippen LogP contribution in [0.5, 0.6) is 0 Å². The van der Waals surface area contributed by atoms with Crippen LogP contribution >= 0.6 is 11.6 Å². The quantitative estimate of drug-likeness (QED) is 0.315. The van der Waals surface area contributed by atoms with Gasteiger partial charge in [0, 0.05) is 36.5 Å². The van der Waals surface area contributed by atoms with Crippen LogP contribution in [0.4, 0.5) is 9.59 Å². The summed E-state index contributed by atoms with van der Waals surface area (Å²) in [4.78, 5) is 71.2. The first-order valence-electron chi connectivity index (χ1n) is 17.9. The Balaban J connectivity index is 1.24. The molecule has 2 saturated carbocycles. The van der Waals surface area contributed by atoms with E-state index >= 15 is 0 Å². The van der Waals surface area contributed by atoms with Gasteiger partial charge in [0.1, 0.15) is 29.3 Å². The topological polar surface area (TPSA) is 193 Å². The molecule has 0 unspecified atom stereocenters. The van der Waals surface area contributed by atoms with Gasteiger partial charge in [-0.2, -0.15) is 13.1 Å². The average Bonchev–Trinajstić information content (AvgIpc) is 3.89. The second kappa shape index (κ2) is 14.9. The summed E-state index contributed by atoms with van der Waals surface area (Å²) in [6, 6.07) is 2.88. The fraction of sp³-hybridized carbons (Fsp3) is 0.629. The molecule has 0 bridgehead atoms. The predicted octanol–water partition coefficient (Wildman–Crippen LogP) is 3.16. The Morgan fingerprint density at radius 3 is 2.52 bits per heavy atom. The number of rotatable bonds is 6. The predicted molar refractivity (Wildman–Crippen MR) is 189 cm³/mol. The first-order chi connectivity index (χ1) is 24.5. The van der Waals surface area contributed by atoms with Crippen molar-refractivity contribution in [2.75, 3.05) is 6.54 Å². The number of ether oxygens (including phenoxy) is 2. The molecule has 6 rings (SSSR count). The molecular weight excluding hydrogens is 716 g/mol. The molecule has 17 heteroatoms. The number of hydrogen-bond acceptors (Lipinski definition) is 9. The summed E-state index contributed by atoms with van der Waals surface area (Å²) in [6.07, 6.45) is 5.82. The van der Waals surface area contributed by atoms with E-state index in [-0.39, 0.29) is 38.4 Å². The first kappa shape index (κ1) is 37.9. The number of fused-ring (bicyclic) bond motifs is 3. The molecule has 52 heavy (non-hydrogen) atoms. The van der Waals surface area contributed by atoms with Gasteiger partial charge in [-0.15, -0.1) is 0 Å². The van der Waals surface area contributed by atoms with Crippen molar-refractivity contribution in [2.24, 2.45) is 5.92 Å². The minimum atomic E-state index is -4.18. The number of hydrogen-bond donors (Lipinski definition) is 4. The van der Waals surface area contributed by atoms with Crippen LogP contribution in [0.2, 0.25) is 5.02 Å². The molecule has 284 valence electrons. The van der Waals surface area contributed by atoms with Crippen LogP contribution < -0.4 is 20.1 Å². The van der Waals surface area contributed by atoms with Crippen LogP contribution in [0.25, 0.3) is 0 Å². The number of nitrogens with zero attached hydrogens (tertiary/aromatic N) is 2. The zero-order chi connectivity index (χ0) is 37.4. The van der Waals surface area contributed by atoms with Crippen LogP contribution in [0.1, 0.15) is 89.7 Å². The third-order valence-electron chi connectivity index (χ3n) is 9.88. The second-order valence-electron chi connectivity index (χ2n) is 15.4. The van der Waals surface area contributed by atoms with Crippen molar-refractivity contribution >= 4 is 51.7 Å². The van der Waals surface area contributed by atoms with Crippen LogP contribution in [0.3, 0.4) is 0 Å². The molecule has 3 aliphatic heterocycles. The van der Waals surface area contributed by atoms with Gasteiger partial charge >= 0.3 is 22.4 Å². The normalized spacial score (nSPS) is 28.6. The lowest BCUT2D eigenvalue weighted by molar-refractivity contribution is -0.141. The van der Waals surface area contributed by atoms with Crippen molar-refractivity contribution in [3.63, 3.8) is 0 Å². The van der Waals surface area contributed by atoms with Gasteiger partial charge < -0.3 is 25.0 Å². The minimum Gasteiger partial charge on any atom is -0.444 e. The van der Waals surface area contributed by atoms with Gasteiger partial charge in [0.15, 0.2) is 0 Å². The molecule has 0 spiro atoms. The lowest BCUT2D eigenvalue weighted by Crippen LogP contribution is -2.59. The molecule has 5 aliphatic rings. The highest BCUT2D eigenvalue weighted by Gasteiger charge is 2.62. The molecule has 3 heterocycles. The van der Waals surface area contributed by atoms with Crippen molar-refractivity contribution in [1.29, 1.82) is 0 Å². The Kier molecular flexibility index (Phi) is 10.8. The van der Waals surface area contributed by atoms with Gasteiger partial charge in [-0.3, -0.25) is 19.3 Å². The molecule has 2 aliphatic carbocycles. The zero-order valence-corrected chi connectivity index (χ0v) is 31.2. The highest BCUT2D eigenvalue weighted by molar-refractivity contribution is 7.88. The highest BCUT2D eigenvalue weighted by atomic mass is 35.5. The summed E-state index contributed by atoms with van der Waals surface area (Å²) in [5.41, 5.74) is -0.587. The number of amides is 5. The minimum absolute atomic E-state index is 0.0885. The van der Waals surface area contributed by atoms with Crippen molar-refractivity contribution in [1.82, 2.24) is 29.9 Å². The van der Waals surface area contributed by atoms with Gasteiger partial charge in [-0.1, -0.05) is 42.7 Å². The third kappa shape index (κ3) is 9.18. The number of nitrogens with one attached hydrogen (secondary N) is 4. The first-order valence-corrected chi connectivity index (χ1v) is 19.7. The van der Waals surface area contributed by atoms with Gasteiger partial charge in [0.25, 0.3) is 5.91 Å². The van der Waals surface area contributed by atoms with Crippen LogP contribution in [-0.2, 0) is 47.2 Å². The second-order valence-corrected chi connectivity index (χ2v) is 17.3. The Hall–Kier alpha value is -3.89. The van der Waals surface area contributed by atoms with Gasteiger partial charge in [0.05, 0.1) is 6.54 Å². The van der Waals surface area contributed by atoms with Crippen molar-refractivity contribution < 1.29 is 41.9 Å². The Morgan fingerprint density at radius 2 is 1.79 bits per heavy atom. The average molecular weight is 763 g/mol. The maximum Gasteiger partial charge on any atom is 0.410 e. The fourth-order valence-corrected chi connectivity index (χ4v) is 8.34. The van der Waals surface area contributed by atoms with Crippen molar-refractivity contribution in [3.8, 4) is 0 Å². The smallest absolute Gasteiger partial charge is 0.410 e. The molecule has 1 aromatic rings. The van der Waals surface area contributed by atoms with E-state index in [2.05, 4.69) is 20.1 Å². The van der Waals surface area contributed by atoms with E-state index in [0.29, 0.717) is 37.3 Å². The Bertz CT molecular complexity index is 1750. The Labute approximate surface area is 308 Å². The highest BCUT2D eigenvalue weighted by Crippen LogP contribution is 2.46. The van der Waals surface area contributed by atoms with E-state index in [1.54, 1.807) is 32.9 Å². The van der Waals surface area contributed by atoms with E-state index in [1.807, 2.05) is 18.2 Å². The molecule has 4 N–H and O–H groups in total. The van der Waals surface area contributed by atoms with Crippen LogP contribution in [-0.4, -0.2) is 90.0 Å². The molecule has 0 aromatic heterocycles. The molecule has 1 aromatic carbocycles. The summed E-state index contributed by atoms with van der Waals surface area (Å²) in [5, 5.41) is 6.02. The maximum atomic E-state index is 14.3. The van der Waals surface area contributed by atoms with Gasteiger partial charge in [-0.25, -0.2) is 14.3 Å². The van der Waals surface area contributed by atoms with E-state index in [9.17, 15) is 32.4 Å². The van der Waals surface area contributed by atoms with E-state index in [4.69, 9.17) is 21.1 Å². The molecule has 3 fully saturated rings. The van der Waals surface area contributed by atoms with Crippen LogP contribution in [0, 0.1) is 5.92 Å². The molecule has 1 saturated heterocycles. The van der Waals surface area contributed by atoms with Crippen molar-refractivity contribution in [3.05, 3.63) is 46.5 Å². The molecule has 5 atom stereocenters. The fourth-order valence-electron chi connectivity index (χ4n) is 6.99. The van der Waals surface area contributed by atoms with Gasteiger partial charge in [0.2, 0.25) is 11.8 Å². The van der Waals surface area contributed by atoms with E-state index < -0.39 is 75.4 Å². The molecule has 0 radical (unpaired) electrons. The number of benzene rings is 1. The monoisotopic (exact) mass is 762 g/mol. The Morgan fingerprint density at radius 1 is 1.04 bits per heavy atom. The SMILES string of the molecule is CC(C)(C)OC(=O)N[C@H]1CCCCC/C=C\[C@H]2C[C@@]2(C(=O)NS(=O)(=O)NC2CC2)NC(=O)[C@@H]2C[C@@H](OC(=O)N3Cc4ccc(Cl)cc4C3)CN2C1=O. The molecule has 15 nitrogen and oxygen atoms in total. The van der Waals surface area contributed by atoms with E-state index in [1.165, 1.54) is 9.80 Å². The molecular formula is C35H47ClN6O9S. The number of carbonyl (C=O) groups excluding carboxylic acids is 5. The van der Waals surface area contributed by atoms with Crippen molar-refractivity contribution in [2.45, 2.75) is 127 Å². The zero-order valence-electron chi connectivity index (χ0n) is 29.6. The maximum absolute atomic E-state index is 14.3. The largest absolute Gasteiger partial charge is 0.444 e. The summed E-state index contributed by atoms with van der Waals surface area (Å²) in [5.74, 6) is -2.64. The molecule has 5 amide bonds. The lowest BCUT2D eigenvalue weighted by Gasteiger charge is -2.30. The van der Waals surface area contributed by atoms with Crippen LogP contribution in [0.15, 0.2) is 30.4 Å². The number of halogens is 1. The van der Waals surface area contributed by atoms with E-state index in [0.717, 1.165) is 24.0 Å². The third-order valence-corrected chi connectivity index (χ3v) is 11.2. The van der Waals surface area contributed by atoms with Gasteiger partial charge in [-0.05, 0) is 82.6 Å². The standard InChI is InChI=1S/C35H47ClN6O9S/c1-34(2,3)51-32(46)37-27-10-8-6-4-5-7-9-23-17-35(23,31(45)40-52(48,49)39-25-13-14-25)38-29(43)28-16-26(20-42(28)30(27)44)50-33(47)41-18-21-11-12-24(36)15-22(21)19-41/h7,9,11-12,15,23,25-28,39H,4-6,8,10,13-14,16-20H2,1-3H3,(H,37,46)(H,38,43)(H,40,45)/b9-7-/t23-,26+,27-,28-,35+/m0/s1. The lowest BCUT2D eigenvalue weighted by atomic mass is 10.0. The number of allylic oxidation sites excluding steroid dienone is 1. The summed E-state index contributed by atoms with van der Waals surface area (Å²) < 4.78 is 41.3.